The van der Waals surface area contributed by atoms with E-state index < -0.39 is 0 Å². The zero-order chi connectivity index (χ0) is 12.1. The fourth-order valence-electron chi connectivity index (χ4n) is 1.45. The van der Waals surface area contributed by atoms with Crippen LogP contribution in [-0.2, 0) is 6.61 Å². The highest BCUT2D eigenvalue weighted by molar-refractivity contribution is 5.46. The molecular formula is C15H11FO. The first-order valence-electron chi connectivity index (χ1n) is 5.26. The Labute approximate surface area is 99.5 Å². The summed E-state index contributed by atoms with van der Waals surface area (Å²) in [5.41, 5.74) is 2.33. The number of benzene rings is 2. The Bertz CT molecular complexity index is 561. The van der Waals surface area contributed by atoms with Gasteiger partial charge in [0.2, 0.25) is 0 Å². The lowest BCUT2D eigenvalue weighted by atomic mass is 10.1. The summed E-state index contributed by atoms with van der Waals surface area (Å²) in [6, 6.07) is 13.4. The molecule has 0 aromatic heterocycles. The summed E-state index contributed by atoms with van der Waals surface area (Å²) in [5, 5.41) is 9.13. The van der Waals surface area contributed by atoms with E-state index in [0.717, 1.165) is 16.7 Å². The van der Waals surface area contributed by atoms with Crippen molar-refractivity contribution in [3.8, 4) is 11.8 Å². The Morgan fingerprint density at radius 3 is 2.35 bits per heavy atom. The topological polar surface area (TPSA) is 20.2 Å². The summed E-state index contributed by atoms with van der Waals surface area (Å²) in [6.45, 7) is -0.0335. The number of rotatable bonds is 1. The van der Waals surface area contributed by atoms with Gasteiger partial charge in [0, 0.05) is 11.1 Å². The summed E-state index contributed by atoms with van der Waals surface area (Å²) in [4.78, 5) is 0. The van der Waals surface area contributed by atoms with Crippen LogP contribution in [0.4, 0.5) is 4.39 Å². The van der Waals surface area contributed by atoms with Crippen LogP contribution in [0.2, 0.25) is 0 Å². The van der Waals surface area contributed by atoms with E-state index in [1.165, 1.54) is 12.1 Å². The zero-order valence-corrected chi connectivity index (χ0v) is 9.15. The van der Waals surface area contributed by atoms with E-state index in [1.54, 1.807) is 12.1 Å². The van der Waals surface area contributed by atoms with Crippen molar-refractivity contribution in [3.05, 3.63) is 71.0 Å². The third kappa shape index (κ3) is 2.93. The van der Waals surface area contributed by atoms with Gasteiger partial charge in [-0.1, -0.05) is 30.0 Å². The molecule has 0 fully saturated rings. The lowest BCUT2D eigenvalue weighted by Gasteiger charge is -1.98. The van der Waals surface area contributed by atoms with Gasteiger partial charge in [-0.05, 0) is 35.9 Å². The van der Waals surface area contributed by atoms with Crippen molar-refractivity contribution < 1.29 is 9.50 Å². The van der Waals surface area contributed by atoms with Gasteiger partial charge in [-0.25, -0.2) is 4.39 Å². The molecule has 17 heavy (non-hydrogen) atoms. The highest BCUT2D eigenvalue weighted by Gasteiger charge is 1.95. The molecule has 0 aliphatic carbocycles. The fourth-order valence-corrected chi connectivity index (χ4v) is 1.45. The van der Waals surface area contributed by atoms with Crippen LogP contribution in [0.1, 0.15) is 16.7 Å². The third-order valence-electron chi connectivity index (χ3n) is 2.37. The van der Waals surface area contributed by atoms with Crippen LogP contribution in [0, 0.1) is 17.7 Å². The monoisotopic (exact) mass is 226 g/mol. The zero-order valence-electron chi connectivity index (χ0n) is 9.15. The van der Waals surface area contributed by atoms with Crippen LogP contribution in [0.15, 0.2) is 48.5 Å². The first kappa shape index (κ1) is 11.4. The van der Waals surface area contributed by atoms with Gasteiger partial charge in [0.05, 0.1) is 6.61 Å². The maximum absolute atomic E-state index is 12.7. The molecule has 84 valence electrons. The van der Waals surface area contributed by atoms with E-state index >= 15 is 0 Å². The summed E-state index contributed by atoms with van der Waals surface area (Å²) in [7, 11) is 0. The summed E-state index contributed by atoms with van der Waals surface area (Å²) in [5.74, 6) is 5.63. The van der Waals surface area contributed by atoms with Gasteiger partial charge in [-0.3, -0.25) is 0 Å². The van der Waals surface area contributed by atoms with Crippen molar-refractivity contribution in [2.45, 2.75) is 6.61 Å². The van der Waals surface area contributed by atoms with Crippen LogP contribution in [-0.4, -0.2) is 5.11 Å². The Kier molecular flexibility index (Phi) is 3.54. The van der Waals surface area contributed by atoms with Crippen molar-refractivity contribution in [1.29, 1.82) is 0 Å². The average molecular weight is 226 g/mol. The Balaban J connectivity index is 2.29. The molecule has 0 heterocycles. The first-order chi connectivity index (χ1) is 8.29. The number of halogens is 1. The van der Waals surface area contributed by atoms with Crippen LogP contribution >= 0.6 is 0 Å². The van der Waals surface area contributed by atoms with Crippen LogP contribution in [0.5, 0.6) is 0 Å². The molecule has 2 heteroatoms. The molecule has 0 aliphatic heterocycles. The second-order valence-corrected chi connectivity index (χ2v) is 3.57. The van der Waals surface area contributed by atoms with Crippen LogP contribution in [0.3, 0.4) is 0 Å². The predicted molar refractivity (Wildman–Crippen MR) is 64.7 cm³/mol. The van der Waals surface area contributed by atoms with Crippen molar-refractivity contribution in [1.82, 2.24) is 0 Å². The Morgan fingerprint density at radius 2 is 1.65 bits per heavy atom. The van der Waals surface area contributed by atoms with E-state index in [2.05, 4.69) is 11.8 Å². The van der Waals surface area contributed by atoms with E-state index in [0.29, 0.717) is 0 Å². The second-order valence-electron chi connectivity index (χ2n) is 3.57. The Morgan fingerprint density at radius 1 is 0.941 bits per heavy atom. The molecule has 0 spiro atoms. The number of aliphatic hydroxyl groups is 1. The van der Waals surface area contributed by atoms with Crippen molar-refractivity contribution in [2.24, 2.45) is 0 Å². The molecular weight excluding hydrogens is 215 g/mol. The van der Waals surface area contributed by atoms with E-state index in [9.17, 15) is 4.39 Å². The first-order valence-corrected chi connectivity index (χ1v) is 5.26. The SMILES string of the molecule is OCc1ccccc1C#Cc1ccc(F)cc1. The predicted octanol–water partition coefficient (Wildman–Crippen LogP) is 2.72. The van der Waals surface area contributed by atoms with Gasteiger partial charge in [0.25, 0.3) is 0 Å². The van der Waals surface area contributed by atoms with Crippen LogP contribution in [0.25, 0.3) is 0 Å². The van der Waals surface area contributed by atoms with Gasteiger partial charge >= 0.3 is 0 Å². The second kappa shape index (κ2) is 5.29. The van der Waals surface area contributed by atoms with Crippen LogP contribution < -0.4 is 0 Å². The maximum atomic E-state index is 12.7. The lowest BCUT2D eigenvalue weighted by molar-refractivity contribution is 0.281. The molecule has 0 radical (unpaired) electrons. The highest BCUT2D eigenvalue weighted by Crippen LogP contribution is 2.07. The van der Waals surface area contributed by atoms with E-state index in [-0.39, 0.29) is 12.4 Å². The van der Waals surface area contributed by atoms with Gasteiger partial charge in [0.15, 0.2) is 0 Å². The molecule has 0 bridgehead atoms. The minimum absolute atomic E-state index is 0.0335. The minimum atomic E-state index is -0.272. The quantitative estimate of drug-likeness (QED) is 0.741. The molecule has 0 amide bonds. The van der Waals surface area contributed by atoms with Gasteiger partial charge in [0.1, 0.15) is 5.82 Å². The summed E-state index contributed by atoms with van der Waals surface area (Å²) >= 11 is 0. The Hall–Kier alpha value is -2.11. The number of hydrogen-bond acceptors (Lipinski definition) is 1. The maximum Gasteiger partial charge on any atom is 0.123 e. The molecule has 1 nitrogen and oxygen atoms in total. The molecule has 0 unspecified atom stereocenters. The summed E-state index contributed by atoms with van der Waals surface area (Å²) < 4.78 is 12.7. The molecule has 0 aliphatic rings. The molecule has 2 aromatic carbocycles. The average Bonchev–Trinajstić information content (AvgIpc) is 2.38. The standard InChI is InChI=1S/C15H11FO/c16-15-9-6-12(7-10-15)5-8-13-3-1-2-4-14(13)11-17/h1-4,6-7,9-10,17H,11H2. The number of aliphatic hydroxyl groups excluding tert-OH is 1. The molecule has 0 atom stereocenters. The molecule has 1 N–H and O–H groups in total. The molecule has 2 rings (SSSR count). The molecule has 0 saturated heterocycles. The largest absolute Gasteiger partial charge is 0.392 e. The van der Waals surface area contributed by atoms with Gasteiger partial charge < -0.3 is 5.11 Å². The van der Waals surface area contributed by atoms with Crippen molar-refractivity contribution in [2.75, 3.05) is 0 Å². The van der Waals surface area contributed by atoms with E-state index in [1.807, 2.05) is 24.3 Å². The van der Waals surface area contributed by atoms with Crippen molar-refractivity contribution >= 4 is 0 Å². The third-order valence-corrected chi connectivity index (χ3v) is 2.37. The molecule has 2 aromatic rings. The van der Waals surface area contributed by atoms with Gasteiger partial charge in [-0.15, -0.1) is 0 Å². The highest BCUT2D eigenvalue weighted by atomic mass is 19.1. The lowest BCUT2D eigenvalue weighted by Crippen LogP contribution is -1.88. The van der Waals surface area contributed by atoms with Crippen molar-refractivity contribution in [3.63, 3.8) is 0 Å². The van der Waals surface area contributed by atoms with E-state index in [4.69, 9.17) is 5.11 Å². The summed E-state index contributed by atoms with van der Waals surface area (Å²) in [6.07, 6.45) is 0. The minimum Gasteiger partial charge on any atom is -0.392 e. The van der Waals surface area contributed by atoms with Gasteiger partial charge in [-0.2, -0.15) is 0 Å². The smallest absolute Gasteiger partial charge is 0.123 e. The fraction of sp³-hybridized carbons (Fsp3) is 0.0667. The normalized spacial score (nSPS) is 9.53. The number of hydrogen-bond donors (Lipinski definition) is 1. The molecule has 0 saturated carbocycles.